The van der Waals surface area contributed by atoms with Crippen LogP contribution in [0, 0.1) is 10.1 Å². The number of nitrogens with two attached hydrogens (primary N) is 1. The average molecular weight is 316 g/mol. The van der Waals surface area contributed by atoms with Crippen LogP contribution in [0.2, 0.25) is 5.02 Å². The Morgan fingerprint density at radius 2 is 2.24 bits per heavy atom. The summed E-state index contributed by atoms with van der Waals surface area (Å²) >= 11 is 5.90. The molecule has 0 saturated heterocycles. The molecule has 1 amide bonds. The normalized spacial score (nSPS) is 13.5. The predicted molar refractivity (Wildman–Crippen MR) is 79.5 cm³/mol. The average Bonchev–Trinajstić information content (AvgIpc) is 2.43. The fourth-order valence-electron chi connectivity index (χ4n) is 1.76. The van der Waals surface area contributed by atoms with Crippen LogP contribution in [0.1, 0.15) is 19.8 Å². The molecule has 0 spiro atoms. The molecule has 0 aliphatic rings. The van der Waals surface area contributed by atoms with Crippen LogP contribution in [0.25, 0.3) is 0 Å². The Balaban J connectivity index is 2.65. The lowest BCUT2D eigenvalue weighted by molar-refractivity contribution is -0.385. The number of likely N-dealkylation sites (N-methyl/N-ethyl adjacent to an activating group) is 1. The summed E-state index contributed by atoms with van der Waals surface area (Å²) in [6.07, 6.45) is 0.930. The van der Waals surface area contributed by atoms with Gasteiger partial charge < -0.3 is 15.8 Å². The fraction of sp³-hybridized carbons (Fsp3) is 0.462. The number of amides is 1. The Hall–Kier alpha value is -1.86. The summed E-state index contributed by atoms with van der Waals surface area (Å²) in [4.78, 5) is 21.7. The van der Waals surface area contributed by atoms with Gasteiger partial charge in [0.1, 0.15) is 0 Å². The first-order valence-corrected chi connectivity index (χ1v) is 6.74. The molecule has 0 aliphatic heterocycles. The van der Waals surface area contributed by atoms with Crippen molar-refractivity contribution in [3.63, 3.8) is 0 Å². The molecule has 0 saturated carbocycles. The van der Waals surface area contributed by atoms with E-state index in [-0.39, 0.29) is 23.1 Å². The summed E-state index contributed by atoms with van der Waals surface area (Å²) in [5.74, 6) is -0.428. The maximum absolute atomic E-state index is 11.3. The van der Waals surface area contributed by atoms with Crippen molar-refractivity contribution in [1.29, 1.82) is 0 Å². The Bertz CT molecular complexity index is 538. The molecule has 1 aromatic rings. The lowest BCUT2D eigenvalue weighted by Gasteiger charge is -2.25. The van der Waals surface area contributed by atoms with Crippen LogP contribution in [0.15, 0.2) is 18.2 Å². The van der Waals surface area contributed by atoms with Crippen molar-refractivity contribution < 1.29 is 14.5 Å². The van der Waals surface area contributed by atoms with Gasteiger partial charge in [-0.1, -0.05) is 17.7 Å². The molecule has 0 bridgehead atoms. The highest BCUT2D eigenvalue weighted by atomic mass is 35.5. The summed E-state index contributed by atoms with van der Waals surface area (Å²) in [6.45, 7) is 1.88. The second kappa shape index (κ2) is 7.24. The Morgan fingerprint density at radius 1 is 1.57 bits per heavy atom. The molecule has 0 aromatic heterocycles. The summed E-state index contributed by atoms with van der Waals surface area (Å²) in [5.41, 5.74) is 4.29. The first-order chi connectivity index (χ1) is 9.81. The number of nitrogens with zero attached hydrogens (tertiary/aromatic N) is 1. The highest BCUT2D eigenvalue weighted by Gasteiger charge is 2.28. The lowest BCUT2D eigenvalue weighted by atomic mass is 9.95. The molecule has 116 valence electrons. The van der Waals surface area contributed by atoms with Crippen molar-refractivity contribution in [3.05, 3.63) is 33.3 Å². The van der Waals surface area contributed by atoms with Gasteiger partial charge in [-0.15, -0.1) is 0 Å². The maximum Gasteiger partial charge on any atom is 0.312 e. The van der Waals surface area contributed by atoms with Crippen molar-refractivity contribution >= 4 is 23.2 Å². The number of benzene rings is 1. The molecule has 0 aliphatic carbocycles. The van der Waals surface area contributed by atoms with E-state index in [1.165, 1.54) is 18.2 Å². The van der Waals surface area contributed by atoms with Crippen molar-refractivity contribution in [1.82, 2.24) is 5.32 Å². The summed E-state index contributed by atoms with van der Waals surface area (Å²) < 4.78 is 5.40. The minimum absolute atomic E-state index is 0.0365. The second-order valence-electron chi connectivity index (χ2n) is 4.74. The van der Waals surface area contributed by atoms with E-state index in [2.05, 4.69) is 5.32 Å². The van der Waals surface area contributed by atoms with Gasteiger partial charge in [-0.25, -0.2) is 0 Å². The van der Waals surface area contributed by atoms with Gasteiger partial charge in [0.25, 0.3) is 0 Å². The topological polar surface area (TPSA) is 107 Å². The number of carbonyl (C=O) groups is 1. The van der Waals surface area contributed by atoms with Crippen LogP contribution >= 0.6 is 11.6 Å². The van der Waals surface area contributed by atoms with Crippen molar-refractivity contribution in [2.75, 3.05) is 13.7 Å². The lowest BCUT2D eigenvalue weighted by Crippen LogP contribution is -2.51. The quantitative estimate of drug-likeness (QED) is 0.432. The number of carbonyl (C=O) groups excluding carboxylic acids is 1. The molecular formula is C13H18ClN3O4. The van der Waals surface area contributed by atoms with Crippen molar-refractivity contribution in [3.8, 4) is 5.75 Å². The van der Waals surface area contributed by atoms with Gasteiger partial charge >= 0.3 is 5.69 Å². The summed E-state index contributed by atoms with van der Waals surface area (Å²) in [6, 6.07) is 4.33. The third-order valence-electron chi connectivity index (χ3n) is 3.31. The van der Waals surface area contributed by atoms with Crippen LogP contribution in [-0.2, 0) is 4.79 Å². The molecule has 1 aromatic carbocycles. The molecule has 8 heteroatoms. The van der Waals surface area contributed by atoms with Gasteiger partial charge in [0.05, 0.1) is 22.1 Å². The molecule has 1 atom stereocenters. The van der Waals surface area contributed by atoms with Crippen LogP contribution < -0.4 is 15.8 Å². The minimum Gasteiger partial charge on any atom is -0.486 e. The van der Waals surface area contributed by atoms with Crippen LogP contribution in [0.5, 0.6) is 5.75 Å². The first kappa shape index (κ1) is 17.2. The number of nitrogens with one attached hydrogen (secondary N) is 1. The van der Waals surface area contributed by atoms with Crippen molar-refractivity contribution in [2.24, 2.45) is 5.73 Å². The number of nitro groups is 1. The van der Waals surface area contributed by atoms with Gasteiger partial charge in [-0.2, -0.15) is 0 Å². The number of halogens is 1. The molecule has 21 heavy (non-hydrogen) atoms. The van der Waals surface area contributed by atoms with E-state index in [4.69, 9.17) is 22.1 Å². The van der Waals surface area contributed by atoms with Crippen molar-refractivity contribution in [2.45, 2.75) is 25.3 Å². The Morgan fingerprint density at radius 3 is 2.76 bits per heavy atom. The number of rotatable bonds is 8. The fourth-order valence-corrected chi connectivity index (χ4v) is 1.98. The number of ether oxygens (including phenoxy) is 1. The highest BCUT2D eigenvalue weighted by Crippen LogP contribution is 2.34. The van der Waals surface area contributed by atoms with Crippen LogP contribution in [0.3, 0.4) is 0 Å². The SMILES string of the molecule is CNC(C)(CCCOc1c(Cl)cccc1[N+](=O)[O-])C(N)=O. The zero-order valence-corrected chi connectivity index (χ0v) is 12.6. The van der Waals surface area contributed by atoms with E-state index in [0.717, 1.165) is 0 Å². The van der Waals surface area contributed by atoms with Gasteiger partial charge in [-0.3, -0.25) is 14.9 Å². The van der Waals surface area contributed by atoms with Gasteiger partial charge in [0.15, 0.2) is 0 Å². The zero-order chi connectivity index (χ0) is 16.0. The van der Waals surface area contributed by atoms with E-state index in [9.17, 15) is 14.9 Å². The number of nitro benzene ring substituents is 1. The maximum atomic E-state index is 11.3. The van der Waals surface area contributed by atoms with E-state index < -0.39 is 16.4 Å². The van der Waals surface area contributed by atoms with Gasteiger partial charge in [0, 0.05) is 6.07 Å². The molecular weight excluding hydrogens is 298 g/mol. The highest BCUT2D eigenvalue weighted by molar-refractivity contribution is 6.32. The largest absolute Gasteiger partial charge is 0.486 e. The monoisotopic (exact) mass is 315 g/mol. The summed E-state index contributed by atoms with van der Waals surface area (Å²) in [7, 11) is 1.64. The molecule has 0 radical (unpaired) electrons. The first-order valence-electron chi connectivity index (χ1n) is 6.36. The number of hydrogen-bond donors (Lipinski definition) is 2. The number of hydrogen-bond acceptors (Lipinski definition) is 5. The second-order valence-corrected chi connectivity index (χ2v) is 5.15. The molecule has 0 fully saturated rings. The number of para-hydroxylation sites is 1. The van der Waals surface area contributed by atoms with Gasteiger partial charge in [0.2, 0.25) is 11.7 Å². The zero-order valence-electron chi connectivity index (χ0n) is 11.9. The van der Waals surface area contributed by atoms with E-state index in [0.29, 0.717) is 12.8 Å². The third-order valence-corrected chi connectivity index (χ3v) is 3.60. The number of primary amides is 1. The molecule has 7 nitrogen and oxygen atoms in total. The van der Waals surface area contributed by atoms with Gasteiger partial charge in [-0.05, 0) is 32.9 Å². The molecule has 1 unspecified atom stereocenters. The Labute approximate surface area is 127 Å². The van der Waals surface area contributed by atoms with E-state index in [1.807, 2.05) is 0 Å². The molecule has 3 N–H and O–H groups in total. The molecule has 0 heterocycles. The standard InChI is InChI=1S/C13H18ClN3O4/c1-13(16-2,12(15)18)7-4-8-21-11-9(14)5-3-6-10(11)17(19)20/h3,5-6,16H,4,7-8H2,1-2H3,(H2,15,18). The van der Waals surface area contributed by atoms with E-state index >= 15 is 0 Å². The third kappa shape index (κ3) is 4.30. The van der Waals surface area contributed by atoms with Crippen LogP contribution in [-0.4, -0.2) is 30.0 Å². The predicted octanol–water partition coefficient (Wildman–Crippen LogP) is 1.87. The summed E-state index contributed by atoms with van der Waals surface area (Å²) in [5, 5.41) is 13.9. The smallest absolute Gasteiger partial charge is 0.312 e. The molecule has 1 rings (SSSR count). The van der Waals surface area contributed by atoms with E-state index in [1.54, 1.807) is 14.0 Å². The Kier molecular flexibility index (Phi) is 5.92. The minimum atomic E-state index is -0.838. The van der Waals surface area contributed by atoms with Crippen LogP contribution in [0.4, 0.5) is 5.69 Å².